The van der Waals surface area contributed by atoms with Crippen molar-refractivity contribution in [2.24, 2.45) is 5.73 Å². The first-order valence-corrected chi connectivity index (χ1v) is 6.95. The predicted octanol–water partition coefficient (Wildman–Crippen LogP) is 3.51. The molecule has 0 atom stereocenters. The average molecular weight is 245 g/mol. The SMILES string of the molecule is NCC=Cc1cccc(COC2CCCCC2)c1. The van der Waals surface area contributed by atoms with Crippen LogP contribution in [0.15, 0.2) is 30.3 Å². The number of rotatable bonds is 5. The smallest absolute Gasteiger partial charge is 0.0720 e. The standard InChI is InChI=1S/C16H23NO/c17-11-5-8-14-6-4-7-15(12-14)13-18-16-9-2-1-3-10-16/h4-8,12,16H,1-3,9-11,13,17H2. The van der Waals surface area contributed by atoms with E-state index in [1.54, 1.807) is 0 Å². The Morgan fingerprint density at radius 3 is 2.83 bits per heavy atom. The monoisotopic (exact) mass is 245 g/mol. The van der Waals surface area contributed by atoms with Crippen LogP contribution in [0.2, 0.25) is 0 Å². The number of benzene rings is 1. The molecule has 98 valence electrons. The van der Waals surface area contributed by atoms with Crippen LogP contribution in [0.3, 0.4) is 0 Å². The van der Waals surface area contributed by atoms with Gasteiger partial charge in [0, 0.05) is 6.54 Å². The van der Waals surface area contributed by atoms with Crippen molar-refractivity contribution >= 4 is 6.08 Å². The number of ether oxygens (including phenoxy) is 1. The summed E-state index contributed by atoms with van der Waals surface area (Å²) in [5.74, 6) is 0. The van der Waals surface area contributed by atoms with Gasteiger partial charge in [-0.05, 0) is 30.0 Å². The molecular weight excluding hydrogens is 222 g/mol. The summed E-state index contributed by atoms with van der Waals surface area (Å²) in [4.78, 5) is 0. The fraction of sp³-hybridized carbons (Fsp3) is 0.500. The van der Waals surface area contributed by atoms with E-state index in [4.69, 9.17) is 10.5 Å². The van der Waals surface area contributed by atoms with Crippen molar-refractivity contribution in [1.82, 2.24) is 0 Å². The normalized spacial score (nSPS) is 17.4. The second kappa shape index (κ2) is 7.34. The van der Waals surface area contributed by atoms with Crippen LogP contribution < -0.4 is 5.73 Å². The average Bonchev–Trinajstić information content (AvgIpc) is 2.44. The predicted molar refractivity (Wildman–Crippen MR) is 76.2 cm³/mol. The molecule has 1 fully saturated rings. The molecule has 1 aliphatic rings. The fourth-order valence-electron chi connectivity index (χ4n) is 2.44. The second-order valence-corrected chi connectivity index (χ2v) is 4.95. The molecule has 2 rings (SSSR count). The van der Waals surface area contributed by atoms with Gasteiger partial charge < -0.3 is 10.5 Å². The number of hydrogen-bond acceptors (Lipinski definition) is 2. The Balaban J connectivity index is 1.86. The van der Waals surface area contributed by atoms with E-state index in [0.717, 1.165) is 6.61 Å². The third-order valence-electron chi connectivity index (χ3n) is 3.44. The Bertz CT molecular complexity index is 380. The Morgan fingerprint density at radius 2 is 2.06 bits per heavy atom. The van der Waals surface area contributed by atoms with E-state index in [2.05, 4.69) is 30.3 Å². The van der Waals surface area contributed by atoms with Crippen molar-refractivity contribution < 1.29 is 4.74 Å². The van der Waals surface area contributed by atoms with E-state index in [1.165, 1.54) is 43.2 Å². The third kappa shape index (κ3) is 4.28. The van der Waals surface area contributed by atoms with Gasteiger partial charge in [-0.3, -0.25) is 0 Å². The molecule has 0 spiro atoms. The van der Waals surface area contributed by atoms with Gasteiger partial charge in [0.05, 0.1) is 12.7 Å². The zero-order valence-electron chi connectivity index (χ0n) is 11.0. The van der Waals surface area contributed by atoms with Crippen molar-refractivity contribution in [1.29, 1.82) is 0 Å². The first kappa shape index (κ1) is 13.3. The zero-order chi connectivity index (χ0) is 12.6. The van der Waals surface area contributed by atoms with Crippen LogP contribution in [0.25, 0.3) is 6.08 Å². The molecule has 1 saturated carbocycles. The number of nitrogens with two attached hydrogens (primary N) is 1. The lowest BCUT2D eigenvalue weighted by atomic mass is 9.98. The maximum Gasteiger partial charge on any atom is 0.0720 e. The van der Waals surface area contributed by atoms with Gasteiger partial charge in [0.25, 0.3) is 0 Å². The second-order valence-electron chi connectivity index (χ2n) is 4.95. The minimum Gasteiger partial charge on any atom is -0.374 e. The van der Waals surface area contributed by atoms with Crippen LogP contribution in [-0.2, 0) is 11.3 Å². The summed E-state index contributed by atoms with van der Waals surface area (Å²) in [7, 11) is 0. The van der Waals surface area contributed by atoms with E-state index < -0.39 is 0 Å². The Morgan fingerprint density at radius 1 is 1.22 bits per heavy atom. The van der Waals surface area contributed by atoms with Gasteiger partial charge in [-0.2, -0.15) is 0 Å². The number of hydrogen-bond donors (Lipinski definition) is 1. The zero-order valence-corrected chi connectivity index (χ0v) is 11.0. The van der Waals surface area contributed by atoms with E-state index >= 15 is 0 Å². The first-order chi connectivity index (χ1) is 8.88. The highest BCUT2D eigenvalue weighted by Gasteiger charge is 2.13. The van der Waals surface area contributed by atoms with Crippen molar-refractivity contribution in [2.75, 3.05) is 6.54 Å². The minimum atomic E-state index is 0.474. The molecule has 0 amide bonds. The molecule has 0 bridgehead atoms. The Labute approximate surface area is 110 Å². The highest BCUT2D eigenvalue weighted by molar-refractivity contribution is 5.50. The lowest BCUT2D eigenvalue weighted by Crippen LogP contribution is -2.16. The van der Waals surface area contributed by atoms with Gasteiger partial charge in [-0.15, -0.1) is 0 Å². The molecule has 2 nitrogen and oxygen atoms in total. The van der Waals surface area contributed by atoms with Crippen molar-refractivity contribution in [3.8, 4) is 0 Å². The fourth-order valence-corrected chi connectivity index (χ4v) is 2.44. The molecule has 1 aromatic carbocycles. The van der Waals surface area contributed by atoms with E-state index in [1.807, 2.05) is 6.08 Å². The Kier molecular flexibility index (Phi) is 5.43. The lowest BCUT2D eigenvalue weighted by Gasteiger charge is -2.22. The molecule has 1 aliphatic carbocycles. The maximum atomic E-state index is 5.98. The molecule has 0 unspecified atom stereocenters. The highest BCUT2D eigenvalue weighted by atomic mass is 16.5. The summed E-state index contributed by atoms with van der Waals surface area (Å²) in [5, 5.41) is 0. The summed E-state index contributed by atoms with van der Waals surface area (Å²) in [5.41, 5.74) is 7.91. The molecule has 0 aromatic heterocycles. The summed E-state index contributed by atoms with van der Waals surface area (Å²) in [6, 6.07) is 8.48. The largest absolute Gasteiger partial charge is 0.374 e. The van der Waals surface area contributed by atoms with Crippen molar-refractivity contribution in [3.63, 3.8) is 0 Å². The maximum absolute atomic E-state index is 5.98. The van der Waals surface area contributed by atoms with E-state index in [9.17, 15) is 0 Å². The molecule has 2 heteroatoms. The van der Waals surface area contributed by atoms with Gasteiger partial charge >= 0.3 is 0 Å². The van der Waals surface area contributed by atoms with Crippen LogP contribution in [0.1, 0.15) is 43.2 Å². The van der Waals surface area contributed by atoms with Gasteiger partial charge in [0.15, 0.2) is 0 Å². The quantitative estimate of drug-likeness (QED) is 0.861. The summed E-state index contributed by atoms with van der Waals surface area (Å²) in [6.07, 6.45) is 11.0. The third-order valence-corrected chi connectivity index (χ3v) is 3.44. The molecule has 0 aliphatic heterocycles. The van der Waals surface area contributed by atoms with Gasteiger partial charge in [0.2, 0.25) is 0 Å². The molecule has 2 N–H and O–H groups in total. The molecule has 0 radical (unpaired) electrons. The van der Waals surface area contributed by atoms with Crippen molar-refractivity contribution in [3.05, 3.63) is 41.5 Å². The molecule has 1 aromatic rings. The lowest BCUT2D eigenvalue weighted by molar-refractivity contribution is 0.0168. The summed E-state index contributed by atoms with van der Waals surface area (Å²) < 4.78 is 5.98. The molecular formula is C16H23NO. The minimum absolute atomic E-state index is 0.474. The summed E-state index contributed by atoms with van der Waals surface area (Å²) >= 11 is 0. The van der Waals surface area contributed by atoms with Crippen LogP contribution in [-0.4, -0.2) is 12.6 Å². The Hall–Kier alpha value is -1.12. The molecule has 0 heterocycles. The highest BCUT2D eigenvalue weighted by Crippen LogP contribution is 2.21. The van der Waals surface area contributed by atoms with Crippen LogP contribution in [0.4, 0.5) is 0 Å². The van der Waals surface area contributed by atoms with Crippen molar-refractivity contribution in [2.45, 2.75) is 44.8 Å². The molecule has 0 saturated heterocycles. The topological polar surface area (TPSA) is 35.2 Å². The van der Waals surface area contributed by atoms with Crippen LogP contribution >= 0.6 is 0 Å². The summed E-state index contributed by atoms with van der Waals surface area (Å²) in [6.45, 7) is 1.32. The van der Waals surface area contributed by atoms with E-state index in [0.29, 0.717) is 12.6 Å². The van der Waals surface area contributed by atoms with Gasteiger partial charge in [-0.1, -0.05) is 49.6 Å². The molecule has 18 heavy (non-hydrogen) atoms. The van der Waals surface area contributed by atoms with Gasteiger partial charge in [-0.25, -0.2) is 0 Å². The van der Waals surface area contributed by atoms with Crippen LogP contribution in [0, 0.1) is 0 Å². The van der Waals surface area contributed by atoms with E-state index in [-0.39, 0.29) is 0 Å². The first-order valence-electron chi connectivity index (χ1n) is 6.95. The van der Waals surface area contributed by atoms with Gasteiger partial charge in [0.1, 0.15) is 0 Å². The van der Waals surface area contributed by atoms with Crippen LogP contribution in [0.5, 0.6) is 0 Å².